The van der Waals surface area contributed by atoms with Crippen LogP contribution in [0.1, 0.15) is 39.0 Å². The number of carbonyl (C=O) groups is 2. The van der Waals surface area contributed by atoms with Crippen LogP contribution in [0.25, 0.3) is 0 Å². The largest absolute Gasteiger partial charge is 0.346 e. The molecule has 0 bridgehead atoms. The van der Waals surface area contributed by atoms with Crippen LogP contribution in [-0.4, -0.2) is 28.2 Å². The van der Waals surface area contributed by atoms with Gasteiger partial charge in [0.1, 0.15) is 5.01 Å². The van der Waals surface area contributed by atoms with Gasteiger partial charge >= 0.3 is 0 Å². The fourth-order valence-corrected chi connectivity index (χ4v) is 4.62. The van der Waals surface area contributed by atoms with Crippen molar-refractivity contribution in [2.24, 2.45) is 0 Å². The average molecular weight is 398 g/mol. The highest BCUT2D eigenvalue weighted by Crippen LogP contribution is 2.24. The average Bonchev–Trinajstić information content (AvgIpc) is 3.42. The third kappa shape index (κ3) is 4.09. The van der Waals surface area contributed by atoms with Crippen LogP contribution in [-0.2, 0) is 17.8 Å². The molecule has 5 nitrogen and oxygen atoms in total. The highest BCUT2D eigenvalue weighted by atomic mass is 32.1. The van der Waals surface area contributed by atoms with Gasteiger partial charge in [-0.05, 0) is 34.0 Å². The van der Waals surface area contributed by atoms with E-state index in [1.165, 1.54) is 5.56 Å². The summed E-state index contributed by atoms with van der Waals surface area (Å²) < 4.78 is 0. The van der Waals surface area contributed by atoms with E-state index in [1.807, 2.05) is 35.0 Å². The number of hydrogen-bond acceptors (Lipinski definition) is 5. The summed E-state index contributed by atoms with van der Waals surface area (Å²) in [6.45, 7) is 0.996. The first-order chi connectivity index (χ1) is 13.2. The van der Waals surface area contributed by atoms with Crippen molar-refractivity contribution in [3.05, 3.63) is 74.4 Å². The molecular weight excluding hydrogens is 378 g/mol. The van der Waals surface area contributed by atoms with Gasteiger partial charge in [0, 0.05) is 43.1 Å². The number of thiophene rings is 1. The SMILES string of the molecule is O=C(CCN1Cc2ccccc2C1=O)NC(Cc1ccsc1)c1nccs1. The molecule has 2 aromatic heterocycles. The molecule has 1 atom stereocenters. The minimum absolute atomic E-state index is 0.00754. The van der Waals surface area contributed by atoms with Gasteiger partial charge in [-0.25, -0.2) is 4.98 Å². The Labute approximate surface area is 165 Å². The van der Waals surface area contributed by atoms with E-state index in [9.17, 15) is 9.59 Å². The summed E-state index contributed by atoms with van der Waals surface area (Å²) in [7, 11) is 0. The molecular formula is C20H19N3O2S2. The monoisotopic (exact) mass is 397 g/mol. The molecule has 138 valence electrons. The molecule has 0 spiro atoms. The molecule has 0 fully saturated rings. The topological polar surface area (TPSA) is 62.3 Å². The van der Waals surface area contributed by atoms with Crippen molar-refractivity contribution in [2.75, 3.05) is 6.54 Å². The first kappa shape index (κ1) is 17.9. The molecule has 1 unspecified atom stereocenters. The zero-order valence-electron chi connectivity index (χ0n) is 14.6. The van der Waals surface area contributed by atoms with Crippen LogP contribution < -0.4 is 5.32 Å². The Hall–Kier alpha value is -2.51. The van der Waals surface area contributed by atoms with Crippen molar-refractivity contribution in [1.82, 2.24) is 15.2 Å². The zero-order valence-corrected chi connectivity index (χ0v) is 16.3. The lowest BCUT2D eigenvalue weighted by Gasteiger charge is -2.18. The van der Waals surface area contributed by atoms with Gasteiger partial charge in [-0.2, -0.15) is 11.3 Å². The quantitative estimate of drug-likeness (QED) is 0.662. The van der Waals surface area contributed by atoms with E-state index in [1.54, 1.807) is 33.8 Å². The van der Waals surface area contributed by atoms with Crippen molar-refractivity contribution < 1.29 is 9.59 Å². The second-order valence-corrected chi connectivity index (χ2v) is 8.17. The summed E-state index contributed by atoms with van der Waals surface area (Å²) >= 11 is 3.19. The summed E-state index contributed by atoms with van der Waals surface area (Å²) in [5.41, 5.74) is 2.96. The summed E-state index contributed by atoms with van der Waals surface area (Å²) in [5.74, 6) is -0.0534. The maximum atomic E-state index is 12.5. The molecule has 0 saturated heterocycles. The number of hydrogen-bond donors (Lipinski definition) is 1. The molecule has 0 aliphatic carbocycles. The Morgan fingerprint density at radius 1 is 1.26 bits per heavy atom. The van der Waals surface area contributed by atoms with Crippen LogP contribution in [0.2, 0.25) is 0 Å². The predicted octanol–water partition coefficient (Wildman–Crippen LogP) is 3.65. The lowest BCUT2D eigenvalue weighted by molar-refractivity contribution is -0.122. The number of nitrogens with zero attached hydrogens (tertiary/aromatic N) is 2. The zero-order chi connectivity index (χ0) is 18.6. The second kappa shape index (κ2) is 8.02. The fraction of sp³-hybridized carbons (Fsp3) is 0.250. The van der Waals surface area contributed by atoms with Crippen molar-refractivity contribution >= 4 is 34.5 Å². The third-order valence-electron chi connectivity index (χ3n) is 4.61. The third-order valence-corrected chi connectivity index (χ3v) is 6.23. The Kier molecular flexibility index (Phi) is 5.31. The van der Waals surface area contributed by atoms with Crippen molar-refractivity contribution in [2.45, 2.75) is 25.4 Å². The van der Waals surface area contributed by atoms with Gasteiger partial charge in [0.25, 0.3) is 5.91 Å². The highest BCUT2D eigenvalue weighted by molar-refractivity contribution is 7.09. The van der Waals surface area contributed by atoms with Crippen LogP contribution in [0.5, 0.6) is 0 Å². The fourth-order valence-electron chi connectivity index (χ4n) is 3.25. The van der Waals surface area contributed by atoms with Gasteiger partial charge in [0.15, 0.2) is 0 Å². The summed E-state index contributed by atoms with van der Waals surface area (Å²) in [4.78, 5) is 31.1. The lowest BCUT2D eigenvalue weighted by Crippen LogP contribution is -2.34. The van der Waals surface area contributed by atoms with E-state index in [4.69, 9.17) is 0 Å². The minimum Gasteiger partial charge on any atom is -0.346 e. The van der Waals surface area contributed by atoms with Crippen LogP contribution >= 0.6 is 22.7 Å². The van der Waals surface area contributed by atoms with Gasteiger partial charge in [-0.3, -0.25) is 9.59 Å². The molecule has 4 rings (SSSR count). The van der Waals surface area contributed by atoms with Gasteiger partial charge < -0.3 is 10.2 Å². The van der Waals surface area contributed by atoms with Crippen LogP contribution in [0.4, 0.5) is 0 Å². The highest BCUT2D eigenvalue weighted by Gasteiger charge is 2.27. The molecule has 3 heterocycles. The smallest absolute Gasteiger partial charge is 0.254 e. The number of carbonyl (C=O) groups excluding carboxylic acids is 2. The Bertz CT molecular complexity index is 923. The van der Waals surface area contributed by atoms with E-state index >= 15 is 0 Å². The number of aromatic nitrogens is 1. The molecule has 7 heteroatoms. The van der Waals surface area contributed by atoms with Crippen molar-refractivity contribution in [3.8, 4) is 0 Å². The molecule has 2 amide bonds. The molecule has 1 aromatic carbocycles. The lowest BCUT2D eigenvalue weighted by atomic mass is 10.1. The molecule has 1 aliphatic heterocycles. The maximum absolute atomic E-state index is 12.5. The number of amides is 2. The number of fused-ring (bicyclic) bond motifs is 1. The van der Waals surface area contributed by atoms with E-state index in [2.05, 4.69) is 21.7 Å². The van der Waals surface area contributed by atoms with Crippen molar-refractivity contribution in [3.63, 3.8) is 0 Å². The van der Waals surface area contributed by atoms with E-state index in [-0.39, 0.29) is 24.3 Å². The predicted molar refractivity (Wildman–Crippen MR) is 107 cm³/mol. The minimum atomic E-state index is -0.140. The summed E-state index contributed by atoms with van der Waals surface area (Å²) in [6.07, 6.45) is 2.76. The summed E-state index contributed by atoms with van der Waals surface area (Å²) in [6, 6.07) is 9.54. The number of nitrogens with one attached hydrogen (secondary N) is 1. The van der Waals surface area contributed by atoms with Gasteiger partial charge in [0.05, 0.1) is 6.04 Å². The first-order valence-corrected chi connectivity index (χ1v) is 10.6. The van der Waals surface area contributed by atoms with Crippen LogP contribution in [0, 0.1) is 0 Å². The number of benzene rings is 1. The number of rotatable bonds is 7. The standard InChI is InChI=1S/C20H19N3O2S2/c24-18(5-8-23-12-15-3-1-2-4-16(15)20(23)25)22-17(19-21-7-10-27-19)11-14-6-9-26-13-14/h1-4,6-7,9-10,13,17H,5,8,11-12H2,(H,22,24). The van der Waals surface area contributed by atoms with Gasteiger partial charge in [0.2, 0.25) is 5.91 Å². The second-order valence-electron chi connectivity index (χ2n) is 6.46. The molecule has 1 N–H and O–H groups in total. The molecule has 1 aliphatic rings. The Balaban J connectivity index is 1.36. The van der Waals surface area contributed by atoms with Crippen LogP contribution in [0.15, 0.2) is 52.7 Å². The Morgan fingerprint density at radius 3 is 2.89 bits per heavy atom. The summed E-state index contributed by atoms with van der Waals surface area (Å²) in [5, 5.41) is 10.0. The van der Waals surface area contributed by atoms with E-state index in [0.29, 0.717) is 13.1 Å². The van der Waals surface area contributed by atoms with Crippen LogP contribution in [0.3, 0.4) is 0 Å². The van der Waals surface area contributed by atoms with E-state index in [0.717, 1.165) is 22.6 Å². The molecule has 0 radical (unpaired) electrons. The molecule has 27 heavy (non-hydrogen) atoms. The van der Waals surface area contributed by atoms with Crippen molar-refractivity contribution in [1.29, 1.82) is 0 Å². The molecule has 0 saturated carbocycles. The van der Waals surface area contributed by atoms with Gasteiger partial charge in [-0.15, -0.1) is 11.3 Å². The Morgan fingerprint density at radius 2 is 2.15 bits per heavy atom. The molecule has 3 aromatic rings. The van der Waals surface area contributed by atoms with Gasteiger partial charge in [-0.1, -0.05) is 18.2 Å². The maximum Gasteiger partial charge on any atom is 0.254 e. The number of thiazole rings is 1. The first-order valence-electron chi connectivity index (χ1n) is 8.77. The normalized spacial score (nSPS) is 14.2. The van der Waals surface area contributed by atoms with E-state index < -0.39 is 0 Å².